The fourth-order valence-corrected chi connectivity index (χ4v) is 3.08. The summed E-state index contributed by atoms with van der Waals surface area (Å²) in [5.74, 6) is -0.517. The van der Waals surface area contributed by atoms with Crippen LogP contribution in [0.2, 0.25) is 0 Å². The van der Waals surface area contributed by atoms with Crippen molar-refractivity contribution in [2.45, 2.75) is 26.8 Å². The minimum atomic E-state index is -3.26. The largest absolute Gasteiger partial charge is 0.478 e. The average molecular weight is 299 g/mol. The molecular formula is C14H21NO4S. The van der Waals surface area contributed by atoms with Crippen LogP contribution in [0.3, 0.4) is 0 Å². The molecule has 1 rings (SSSR count). The van der Waals surface area contributed by atoms with Gasteiger partial charge in [0.1, 0.15) is 0 Å². The van der Waals surface area contributed by atoms with Crippen LogP contribution in [0.5, 0.6) is 0 Å². The van der Waals surface area contributed by atoms with Crippen LogP contribution in [-0.2, 0) is 16.6 Å². The minimum absolute atomic E-state index is 0.133. The van der Waals surface area contributed by atoms with Crippen molar-refractivity contribution in [2.75, 3.05) is 12.8 Å². The van der Waals surface area contributed by atoms with Crippen molar-refractivity contribution in [3.05, 3.63) is 35.4 Å². The summed E-state index contributed by atoms with van der Waals surface area (Å²) in [6.45, 7) is 4.22. The molecule has 5 nitrogen and oxygen atoms in total. The lowest BCUT2D eigenvalue weighted by Gasteiger charge is -2.18. The highest BCUT2D eigenvalue weighted by atomic mass is 32.2. The standard InChI is InChI=1S/C14H21NO4S/c1-11(2)8-9-20(18,19)15(3)10-12-4-6-13(7-5-12)14(16)17/h4-7,11H,8-10H2,1-3H3,(H,16,17). The zero-order chi connectivity index (χ0) is 15.3. The Hall–Kier alpha value is -1.40. The monoisotopic (exact) mass is 299 g/mol. The topological polar surface area (TPSA) is 74.7 Å². The summed E-state index contributed by atoms with van der Waals surface area (Å²) in [6.07, 6.45) is 0.630. The number of aromatic carboxylic acids is 1. The van der Waals surface area contributed by atoms with E-state index in [2.05, 4.69) is 0 Å². The normalized spacial score (nSPS) is 12.1. The highest BCUT2D eigenvalue weighted by molar-refractivity contribution is 7.89. The third-order valence-electron chi connectivity index (χ3n) is 3.03. The van der Waals surface area contributed by atoms with Crippen molar-refractivity contribution in [1.82, 2.24) is 4.31 Å². The van der Waals surface area contributed by atoms with Crippen LogP contribution in [0, 0.1) is 5.92 Å². The summed E-state index contributed by atoms with van der Waals surface area (Å²) in [6, 6.07) is 6.23. The van der Waals surface area contributed by atoms with Crippen LogP contribution in [0.1, 0.15) is 36.2 Å². The average Bonchev–Trinajstić information content (AvgIpc) is 2.37. The molecule has 0 aliphatic carbocycles. The fourth-order valence-electron chi connectivity index (χ4n) is 1.65. The first-order valence-corrected chi connectivity index (χ1v) is 8.09. The third kappa shape index (κ3) is 4.94. The van der Waals surface area contributed by atoms with E-state index in [0.29, 0.717) is 12.3 Å². The van der Waals surface area contributed by atoms with E-state index >= 15 is 0 Å². The first kappa shape index (κ1) is 16.7. The van der Waals surface area contributed by atoms with Gasteiger partial charge in [-0.2, -0.15) is 0 Å². The molecule has 0 unspecified atom stereocenters. The molecule has 0 spiro atoms. The molecule has 0 saturated carbocycles. The fraction of sp³-hybridized carbons (Fsp3) is 0.500. The summed E-state index contributed by atoms with van der Waals surface area (Å²) in [5, 5.41) is 8.80. The Morgan fingerprint density at radius 1 is 1.25 bits per heavy atom. The maximum absolute atomic E-state index is 12.0. The van der Waals surface area contributed by atoms with Gasteiger partial charge in [-0.3, -0.25) is 0 Å². The van der Waals surface area contributed by atoms with E-state index in [9.17, 15) is 13.2 Å². The van der Waals surface area contributed by atoms with E-state index in [1.54, 1.807) is 19.2 Å². The number of carboxylic acids is 1. The SMILES string of the molecule is CC(C)CCS(=O)(=O)N(C)Cc1ccc(C(=O)O)cc1. The highest BCUT2D eigenvalue weighted by Gasteiger charge is 2.18. The lowest BCUT2D eigenvalue weighted by atomic mass is 10.1. The second kappa shape index (κ2) is 6.85. The number of hydrogen-bond acceptors (Lipinski definition) is 3. The molecule has 0 aromatic heterocycles. The predicted octanol–water partition coefficient (Wildman–Crippen LogP) is 2.19. The summed E-state index contributed by atoms with van der Waals surface area (Å²) >= 11 is 0. The first-order chi connectivity index (χ1) is 9.22. The van der Waals surface area contributed by atoms with E-state index in [-0.39, 0.29) is 17.9 Å². The Labute approximate surface area is 120 Å². The maximum atomic E-state index is 12.0. The smallest absolute Gasteiger partial charge is 0.335 e. The van der Waals surface area contributed by atoms with Crippen molar-refractivity contribution < 1.29 is 18.3 Å². The number of carboxylic acid groups (broad SMARTS) is 1. The molecular weight excluding hydrogens is 278 g/mol. The Kier molecular flexibility index (Phi) is 5.71. The van der Waals surface area contributed by atoms with Gasteiger partial charge in [-0.25, -0.2) is 17.5 Å². The highest BCUT2D eigenvalue weighted by Crippen LogP contribution is 2.12. The number of sulfonamides is 1. The van der Waals surface area contributed by atoms with Gasteiger partial charge in [0, 0.05) is 13.6 Å². The second-order valence-corrected chi connectivity index (χ2v) is 7.45. The van der Waals surface area contributed by atoms with Crippen molar-refractivity contribution in [1.29, 1.82) is 0 Å². The van der Waals surface area contributed by atoms with E-state index in [0.717, 1.165) is 5.56 Å². The number of rotatable bonds is 7. The number of hydrogen-bond donors (Lipinski definition) is 1. The summed E-state index contributed by atoms with van der Waals surface area (Å²) in [4.78, 5) is 10.7. The van der Waals surface area contributed by atoms with Gasteiger partial charge in [-0.1, -0.05) is 26.0 Å². The van der Waals surface area contributed by atoms with Crippen LogP contribution in [0.15, 0.2) is 24.3 Å². The van der Waals surface area contributed by atoms with E-state index in [4.69, 9.17) is 5.11 Å². The van der Waals surface area contributed by atoms with E-state index < -0.39 is 16.0 Å². The van der Waals surface area contributed by atoms with Gasteiger partial charge in [-0.15, -0.1) is 0 Å². The number of nitrogens with zero attached hydrogens (tertiary/aromatic N) is 1. The number of benzene rings is 1. The molecule has 0 radical (unpaired) electrons. The molecule has 1 aromatic carbocycles. The lowest BCUT2D eigenvalue weighted by molar-refractivity contribution is 0.0697. The van der Waals surface area contributed by atoms with Crippen molar-refractivity contribution in [2.24, 2.45) is 5.92 Å². The van der Waals surface area contributed by atoms with Crippen molar-refractivity contribution in [3.8, 4) is 0 Å². The van der Waals surface area contributed by atoms with Crippen LogP contribution in [-0.4, -0.2) is 36.6 Å². The summed E-state index contributed by atoms with van der Waals surface area (Å²) < 4.78 is 25.4. The molecule has 112 valence electrons. The molecule has 20 heavy (non-hydrogen) atoms. The van der Waals surface area contributed by atoms with E-state index in [1.165, 1.54) is 16.4 Å². The van der Waals surface area contributed by atoms with Gasteiger partial charge in [0.2, 0.25) is 10.0 Å². The van der Waals surface area contributed by atoms with Crippen LogP contribution in [0.4, 0.5) is 0 Å². The first-order valence-electron chi connectivity index (χ1n) is 6.48. The van der Waals surface area contributed by atoms with E-state index in [1.807, 2.05) is 13.8 Å². The second-order valence-electron chi connectivity index (χ2n) is 5.26. The Morgan fingerprint density at radius 2 is 1.80 bits per heavy atom. The zero-order valence-electron chi connectivity index (χ0n) is 12.0. The van der Waals surface area contributed by atoms with Crippen molar-refractivity contribution >= 4 is 16.0 Å². The Morgan fingerprint density at radius 3 is 2.25 bits per heavy atom. The van der Waals surface area contributed by atoms with Crippen molar-refractivity contribution in [3.63, 3.8) is 0 Å². The molecule has 0 heterocycles. The van der Waals surface area contributed by atoms with Gasteiger partial charge >= 0.3 is 5.97 Å². The predicted molar refractivity (Wildman–Crippen MR) is 78.1 cm³/mol. The quantitative estimate of drug-likeness (QED) is 0.837. The Bertz CT molecular complexity index is 549. The molecule has 0 saturated heterocycles. The van der Waals surface area contributed by atoms with Gasteiger partial charge in [-0.05, 0) is 30.0 Å². The summed E-state index contributed by atoms with van der Waals surface area (Å²) in [5.41, 5.74) is 0.963. The molecule has 0 amide bonds. The molecule has 0 aliphatic rings. The molecule has 0 bridgehead atoms. The molecule has 1 N–H and O–H groups in total. The molecule has 6 heteroatoms. The molecule has 1 aromatic rings. The van der Waals surface area contributed by atoms with Crippen LogP contribution < -0.4 is 0 Å². The summed E-state index contributed by atoms with van der Waals surface area (Å²) in [7, 11) is -1.72. The van der Waals surface area contributed by atoms with Gasteiger partial charge in [0.25, 0.3) is 0 Å². The van der Waals surface area contributed by atoms with Gasteiger partial charge < -0.3 is 5.11 Å². The molecule has 0 atom stereocenters. The van der Waals surface area contributed by atoms with Gasteiger partial charge in [0.05, 0.1) is 11.3 Å². The maximum Gasteiger partial charge on any atom is 0.335 e. The molecule has 0 aliphatic heterocycles. The van der Waals surface area contributed by atoms with Crippen LogP contribution in [0.25, 0.3) is 0 Å². The Balaban J connectivity index is 2.69. The number of carbonyl (C=O) groups is 1. The van der Waals surface area contributed by atoms with Gasteiger partial charge in [0.15, 0.2) is 0 Å². The van der Waals surface area contributed by atoms with Crippen LogP contribution >= 0.6 is 0 Å². The lowest BCUT2D eigenvalue weighted by Crippen LogP contribution is -2.29. The molecule has 0 fully saturated rings. The zero-order valence-corrected chi connectivity index (χ0v) is 12.9. The minimum Gasteiger partial charge on any atom is -0.478 e. The third-order valence-corrected chi connectivity index (χ3v) is 4.86.